The Kier molecular flexibility index (Phi) is 5.45. The lowest BCUT2D eigenvalue weighted by Crippen LogP contribution is -2.22. The van der Waals surface area contributed by atoms with Crippen LogP contribution in [0.1, 0.15) is 19.4 Å². The van der Waals surface area contributed by atoms with Crippen LogP contribution in [-0.4, -0.2) is 6.04 Å². The topological polar surface area (TPSA) is 21.3 Å². The highest BCUT2D eigenvalue weighted by atomic mass is 35.5. The molecule has 21 heavy (non-hydrogen) atoms. The Labute approximate surface area is 133 Å². The summed E-state index contributed by atoms with van der Waals surface area (Å²) in [4.78, 5) is 0. The standard InChI is InChI=1S/C16H16Cl2FNO/c1-10(2)20-9-12-13(17)4-3-5-16(12)21-11-6-7-14(18)15(19)8-11/h3-8,10,20H,9H2,1-2H3. The van der Waals surface area contributed by atoms with Gasteiger partial charge in [-0.1, -0.05) is 43.1 Å². The van der Waals surface area contributed by atoms with Gasteiger partial charge >= 0.3 is 0 Å². The molecule has 0 fully saturated rings. The van der Waals surface area contributed by atoms with E-state index in [2.05, 4.69) is 5.32 Å². The average molecular weight is 328 g/mol. The molecule has 1 N–H and O–H groups in total. The van der Waals surface area contributed by atoms with Gasteiger partial charge in [-0.25, -0.2) is 4.39 Å². The summed E-state index contributed by atoms with van der Waals surface area (Å²) in [5.41, 5.74) is 0.836. The summed E-state index contributed by atoms with van der Waals surface area (Å²) in [5, 5.41) is 3.96. The molecule has 0 aliphatic rings. The Morgan fingerprint density at radius 2 is 1.90 bits per heavy atom. The molecule has 0 spiro atoms. The summed E-state index contributed by atoms with van der Waals surface area (Å²) in [7, 11) is 0. The van der Waals surface area contributed by atoms with Gasteiger partial charge in [-0.05, 0) is 24.3 Å². The fourth-order valence-electron chi connectivity index (χ4n) is 1.78. The van der Waals surface area contributed by atoms with Gasteiger partial charge < -0.3 is 10.1 Å². The molecule has 5 heteroatoms. The predicted octanol–water partition coefficient (Wildman–Crippen LogP) is 5.42. The highest BCUT2D eigenvalue weighted by Gasteiger charge is 2.11. The van der Waals surface area contributed by atoms with Crippen molar-refractivity contribution in [1.82, 2.24) is 5.32 Å². The lowest BCUT2D eigenvalue weighted by Gasteiger charge is -2.15. The van der Waals surface area contributed by atoms with E-state index in [0.717, 1.165) is 5.56 Å². The van der Waals surface area contributed by atoms with E-state index in [0.29, 0.717) is 29.1 Å². The smallest absolute Gasteiger partial charge is 0.145 e. The number of rotatable bonds is 5. The molecule has 0 unspecified atom stereocenters. The van der Waals surface area contributed by atoms with Crippen molar-refractivity contribution in [3.8, 4) is 11.5 Å². The van der Waals surface area contributed by atoms with Crippen LogP contribution in [0.4, 0.5) is 4.39 Å². The largest absolute Gasteiger partial charge is 0.457 e. The second-order valence-corrected chi connectivity index (χ2v) is 5.74. The van der Waals surface area contributed by atoms with Crippen molar-refractivity contribution in [3.63, 3.8) is 0 Å². The van der Waals surface area contributed by atoms with Crippen LogP contribution >= 0.6 is 23.2 Å². The Morgan fingerprint density at radius 3 is 2.57 bits per heavy atom. The molecule has 0 aliphatic carbocycles. The summed E-state index contributed by atoms with van der Waals surface area (Å²) >= 11 is 11.9. The lowest BCUT2D eigenvalue weighted by atomic mass is 10.2. The molecule has 2 aromatic carbocycles. The van der Waals surface area contributed by atoms with E-state index in [9.17, 15) is 4.39 Å². The fourth-order valence-corrected chi connectivity index (χ4v) is 2.13. The van der Waals surface area contributed by atoms with Crippen molar-refractivity contribution in [2.45, 2.75) is 26.4 Å². The second kappa shape index (κ2) is 7.12. The molecule has 0 saturated heterocycles. The zero-order valence-electron chi connectivity index (χ0n) is 11.8. The molecule has 2 aromatic rings. The van der Waals surface area contributed by atoms with Crippen molar-refractivity contribution in [2.75, 3.05) is 0 Å². The third-order valence-corrected chi connectivity index (χ3v) is 3.54. The van der Waals surface area contributed by atoms with Crippen molar-refractivity contribution in [2.24, 2.45) is 0 Å². The first-order valence-electron chi connectivity index (χ1n) is 6.61. The van der Waals surface area contributed by atoms with Crippen LogP contribution in [0.3, 0.4) is 0 Å². The molecule has 0 radical (unpaired) electrons. The van der Waals surface area contributed by atoms with Crippen LogP contribution < -0.4 is 10.1 Å². The van der Waals surface area contributed by atoms with Crippen LogP contribution in [0.5, 0.6) is 11.5 Å². The Morgan fingerprint density at radius 1 is 1.14 bits per heavy atom. The first kappa shape index (κ1) is 16.1. The highest BCUT2D eigenvalue weighted by Crippen LogP contribution is 2.31. The molecule has 0 aliphatic heterocycles. The number of hydrogen-bond acceptors (Lipinski definition) is 2. The van der Waals surface area contributed by atoms with Crippen LogP contribution in [0.2, 0.25) is 10.0 Å². The molecule has 2 rings (SSSR count). The quantitative estimate of drug-likeness (QED) is 0.791. The average Bonchev–Trinajstić information content (AvgIpc) is 2.42. The zero-order chi connectivity index (χ0) is 15.4. The highest BCUT2D eigenvalue weighted by molar-refractivity contribution is 6.31. The summed E-state index contributed by atoms with van der Waals surface area (Å²) in [6.45, 7) is 4.67. The van der Waals surface area contributed by atoms with Crippen molar-refractivity contribution < 1.29 is 9.13 Å². The number of hydrogen-bond donors (Lipinski definition) is 1. The minimum atomic E-state index is -0.516. The number of ether oxygens (including phenoxy) is 1. The Hall–Kier alpha value is -1.29. The van der Waals surface area contributed by atoms with Crippen molar-refractivity contribution in [3.05, 3.63) is 57.8 Å². The van der Waals surface area contributed by atoms with E-state index in [-0.39, 0.29) is 5.02 Å². The van der Waals surface area contributed by atoms with E-state index < -0.39 is 5.82 Å². The number of nitrogens with one attached hydrogen (secondary N) is 1. The molecule has 2 nitrogen and oxygen atoms in total. The fraction of sp³-hybridized carbons (Fsp3) is 0.250. The molecule has 0 amide bonds. The van der Waals surface area contributed by atoms with Gasteiger partial charge in [-0.3, -0.25) is 0 Å². The van der Waals surface area contributed by atoms with Gasteiger partial charge in [0, 0.05) is 29.2 Å². The van der Waals surface area contributed by atoms with Gasteiger partial charge in [0.1, 0.15) is 17.3 Å². The second-order valence-electron chi connectivity index (χ2n) is 4.93. The number of halogens is 3. The van der Waals surface area contributed by atoms with E-state index in [1.807, 2.05) is 13.8 Å². The van der Waals surface area contributed by atoms with Gasteiger partial charge in [0.15, 0.2) is 0 Å². The summed E-state index contributed by atoms with van der Waals surface area (Å²) in [5.74, 6) is 0.459. The Bertz CT molecular complexity index is 632. The zero-order valence-corrected chi connectivity index (χ0v) is 13.3. The molecule has 0 saturated carbocycles. The summed E-state index contributed by atoms with van der Waals surface area (Å²) in [6, 6.07) is 10.0. The summed E-state index contributed by atoms with van der Waals surface area (Å²) in [6.07, 6.45) is 0. The predicted molar refractivity (Wildman–Crippen MR) is 84.9 cm³/mol. The molecule has 0 bridgehead atoms. The number of benzene rings is 2. The van der Waals surface area contributed by atoms with Crippen LogP contribution in [0.15, 0.2) is 36.4 Å². The maximum atomic E-state index is 13.5. The minimum Gasteiger partial charge on any atom is -0.457 e. The molecular weight excluding hydrogens is 312 g/mol. The Balaban J connectivity index is 2.26. The van der Waals surface area contributed by atoms with Gasteiger partial charge in [-0.2, -0.15) is 0 Å². The van der Waals surface area contributed by atoms with Gasteiger partial charge in [0.05, 0.1) is 5.02 Å². The molecular formula is C16H16Cl2FNO. The van der Waals surface area contributed by atoms with Crippen LogP contribution in [-0.2, 0) is 6.54 Å². The van der Waals surface area contributed by atoms with E-state index >= 15 is 0 Å². The van der Waals surface area contributed by atoms with Crippen molar-refractivity contribution >= 4 is 23.2 Å². The van der Waals surface area contributed by atoms with E-state index in [4.69, 9.17) is 27.9 Å². The normalized spacial score (nSPS) is 11.0. The van der Waals surface area contributed by atoms with Crippen LogP contribution in [0, 0.1) is 5.82 Å². The lowest BCUT2D eigenvalue weighted by molar-refractivity contribution is 0.465. The van der Waals surface area contributed by atoms with E-state index in [1.54, 1.807) is 24.3 Å². The van der Waals surface area contributed by atoms with Gasteiger partial charge in [-0.15, -0.1) is 0 Å². The first-order chi connectivity index (χ1) is 9.97. The maximum Gasteiger partial charge on any atom is 0.145 e. The van der Waals surface area contributed by atoms with Crippen molar-refractivity contribution in [1.29, 1.82) is 0 Å². The van der Waals surface area contributed by atoms with Gasteiger partial charge in [0.2, 0.25) is 0 Å². The third-order valence-electron chi connectivity index (χ3n) is 2.88. The first-order valence-corrected chi connectivity index (χ1v) is 7.36. The SMILES string of the molecule is CC(C)NCc1c(Cl)cccc1Oc1ccc(Cl)c(F)c1. The molecule has 0 aromatic heterocycles. The summed E-state index contributed by atoms with van der Waals surface area (Å²) < 4.78 is 19.2. The van der Waals surface area contributed by atoms with Gasteiger partial charge in [0.25, 0.3) is 0 Å². The third kappa shape index (κ3) is 4.34. The molecule has 0 atom stereocenters. The minimum absolute atomic E-state index is 0.0649. The maximum absolute atomic E-state index is 13.5. The molecule has 112 valence electrons. The monoisotopic (exact) mass is 327 g/mol. The molecule has 0 heterocycles. The van der Waals surface area contributed by atoms with Crippen LogP contribution in [0.25, 0.3) is 0 Å². The van der Waals surface area contributed by atoms with E-state index in [1.165, 1.54) is 12.1 Å².